The van der Waals surface area contributed by atoms with Crippen molar-refractivity contribution in [3.8, 4) is 0 Å². The summed E-state index contributed by atoms with van der Waals surface area (Å²) in [6.45, 7) is 23.5. The van der Waals surface area contributed by atoms with Crippen molar-refractivity contribution in [2.75, 3.05) is 0 Å². The second-order valence-electron chi connectivity index (χ2n) is 8.18. The molecule has 0 saturated heterocycles. The monoisotopic (exact) mass is 284 g/mol. The lowest BCUT2D eigenvalue weighted by atomic mass is 9.50. The third-order valence-corrected chi connectivity index (χ3v) is 7.47. The molecule has 0 radical (unpaired) electrons. The molecule has 2 aliphatic carbocycles. The highest BCUT2D eigenvalue weighted by atomic mass is 14.6. The Hall–Kier alpha value is -1.04. The van der Waals surface area contributed by atoms with E-state index in [1.54, 1.807) is 0 Å². The Morgan fingerprint density at radius 2 is 0.952 bits per heavy atom. The van der Waals surface area contributed by atoms with Crippen molar-refractivity contribution >= 4 is 0 Å². The van der Waals surface area contributed by atoms with Gasteiger partial charge in [-0.15, -0.1) is 0 Å². The quantitative estimate of drug-likeness (QED) is 0.534. The van der Waals surface area contributed by atoms with Crippen molar-refractivity contribution in [3.05, 3.63) is 45.6 Å². The molecule has 2 atom stereocenters. The molecule has 0 aromatic rings. The summed E-state index contributed by atoms with van der Waals surface area (Å²) in [5.74, 6) is 0. The fourth-order valence-electron chi connectivity index (χ4n) is 4.51. The standard InChI is InChI=1S/C21H32/c1-13-11-20(9,17(5)15(13)3)19(7,8)21(10)12-14(2)16(4)18(21)6/h11-12H,1-10H3. The number of hydrogen-bond donors (Lipinski definition) is 0. The molecule has 2 rings (SSSR count). The third-order valence-electron chi connectivity index (χ3n) is 7.47. The molecule has 0 bridgehead atoms. The highest BCUT2D eigenvalue weighted by molar-refractivity contribution is 5.52. The molecule has 0 N–H and O–H groups in total. The van der Waals surface area contributed by atoms with Crippen LogP contribution in [0.15, 0.2) is 45.6 Å². The Labute approximate surface area is 131 Å². The van der Waals surface area contributed by atoms with E-state index in [1.165, 1.54) is 33.4 Å². The first-order valence-corrected chi connectivity index (χ1v) is 8.15. The number of allylic oxidation sites excluding steroid dienone is 8. The van der Waals surface area contributed by atoms with Crippen molar-refractivity contribution in [1.82, 2.24) is 0 Å². The van der Waals surface area contributed by atoms with Gasteiger partial charge in [0.15, 0.2) is 0 Å². The van der Waals surface area contributed by atoms with Crippen molar-refractivity contribution < 1.29 is 0 Å². The molecule has 0 fully saturated rings. The van der Waals surface area contributed by atoms with Gasteiger partial charge >= 0.3 is 0 Å². The van der Waals surface area contributed by atoms with E-state index >= 15 is 0 Å². The minimum atomic E-state index is 0.110. The van der Waals surface area contributed by atoms with Crippen LogP contribution in [0.1, 0.15) is 69.2 Å². The SMILES string of the molecule is CC1=CC(C)(C(C)(C)C2(C)C=C(C)C(C)=C2C)C(C)=C1C. The van der Waals surface area contributed by atoms with E-state index in [0.717, 1.165) is 0 Å². The zero-order chi connectivity index (χ0) is 16.4. The van der Waals surface area contributed by atoms with Crippen LogP contribution in [0.25, 0.3) is 0 Å². The van der Waals surface area contributed by atoms with Gasteiger partial charge in [0.1, 0.15) is 0 Å². The van der Waals surface area contributed by atoms with E-state index in [0.29, 0.717) is 0 Å². The highest BCUT2D eigenvalue weighted by Crippen LogP contribution is 2.64. The molecule has 21 heavy (non-hydrogen) atoms. The van der Waals surface area contributed by atoms with E-state index in [-0.39, 0.29) is 16.2 Å². The van der Waals surface area contributed by atoms with Gasteiger partial charge in [0.05, 0.1) is 0 Å². The van der Waals surface area contributed by atoms with Gasteiger partial charge in [-0.3, -0.25) is 0 Å². The Balaban J connectivity index is 2.66. The minimum absolute atomic E-state index is 0.110. The van der Waals surface area contributed by atoms with Crippen molar-refractivity contribution in [3.63, 3.8) is 0 Å². The predicted octanol–water partition coefficient (Wildman–Crippen LogP) is 6.62. The van der Waals surface area contributed by atoms with E-state index in [4.69, 9.17) is 0 Å². The predicted molar refractivity (Wildman–Crippen MR) is 94.3 cm³/mol. The van der Waals surface area contributed by atoms with Gasteiger partial charge in [-0.25, -0.2) is 0 Å². The summed E-state index contributed by atoms with van der Waals surface area (Å²) in [5.41, 5.74) is 9.28. The first kappa shape index (κ1) is 16.3. The maximum atomic E-state index is 2.51. The Kier molecular flexibility index (Phi) is 3.48. The largest absolute Gasteiger partial charge is 0.0708 e. The lowest BCUT2D eigenvalue weighted by molar-refractivity contribution is 0.0749. The molecule has 116 valence electrons. The van der Waals surface area contributed by atoms with Crippen LogP contribution >= 0.6 is 0 Å². The van der Waals surface area contributed by atoms with Crippen LogP contribution in [0.3, 0.4) is 0 Å². The molecular weight excluding hydrogens is 252 g/mol. The second-order valence-corrected chi connectivity index (χ2v) is 8.18. The van der Waals surface area contributed by atoms with E-state index in [9.17, 15) is 0 Å². The van der Waals surface area contributed by atoms with Gasteiger partial charge in [-0.2, -0.15) is 0 Å². The molecule has 2 aliphatic rings. The summed E-state index contributed by atoms with van der Waals surface area (Å²) in [6, 6.07) is 0. The maximum Gasteiger partial charge on any atom is 0.0134 e. The number of rotatable bonds is 2. The Morgan fingerprint density at radius 3 is 1.14 bits per heavy atom. The summed E-state index contributed by atoms with van der Waals surface area (Å²) in [7, 11) is 0. The topological polar surface area (TPSA) is 0 Å². The van der Waals surface area contributed by atoms with Crippen LogP contribution in [0.5, 0.6) is 0 Å². The first-order valence-electron chi connectivity index (χ1n) is 8.15. The zero-order valence-corrected chi connectivity index (χ0v) is 15.7. The molecule has 0 aliphatic heterocycles. The normalized spacial score (nSPS) is 33.8. The van der Waals surface area contributed by atoms with Crippen LogP contribution in [-0.4, -0.2) is 0 Å². The van der Waals surface area contributed by atoms with Gasteiger partial charge in [0, 0.05) is 10.8 Å². The molecule has 0 saturated carbocycles. The molecule has 2 unspecified atom stereocenters. The first-order chi connectivity index (χ1) is 9.40. The molecule has 0 heteroatoms. The summed E-state index contributed by atoms with van der Waals surface area (Å²) < 4.78 is 0. The summed E-state index contributed by atoms with van der Waals surface area (Å²) in [4.78, 5) is 0. The smallest absolute Gasteiger partial charge is 0.0134 e. The van der Waals surface area contributed by atoms with Crippen molar-refractivity contribution in [2.45, 2.75) is 69.2 Å². The fourth-order valence-corrected chi connectivity index (χ4v) is 4.51. The summed E-state index contributed by atoms with van der Waals surface area (Å²) >= 11 is 0. The second kappa shape index (κ2) is 4.48. The lowest BCUT2D eigenvalue weighted by Gasteiger charge is -2.52. The molecule has 0 spiro atoms. The molecular formula is C21H32. The van der Waals surface area contributed by atoms with E-state index in [2.05, 4.69) is 81.4 Å². The fraction of sp³-hybridized carbons (Fsp3) is 0.619. The van der Waals surface area contributed by atoms with Gasteiger partial charge < -0.3 is 0 Å². The number of hydrogen-bond acceptors (Lipinski definition) is 0. The maximum absolute atomic E-state index is 2.51. The zero-order valence-electron chi connectivity index (χ0n) is 15.7. The Morgan fingerprint density at radius 1 is 0.667 bits per heavy atom. The minimum Gasteiger partial charge on any atom is -0.0708 e. The van der Waals surface area contributed by atoms with Gasteiger partial charge in [0.2, 0.25) is 0 Å². The molecule has 0 amide bonds. The molecule has 0 aromatic carbocycles. The average molecular weight is 284 g/mol. The van der Waals surface area contributed by atoms with Gasteiger partial charge in [0.25, 0.3) is 0 Å². The summed E-state index contributed by atoms with van der Waals surface area (Å²) in [5, 5.41) is 0. The van der Waals surface area contributed by atoms with Crippen molar-refractivity contribution in [1.29, 1.82) is 0 Å². The molecule has 0 nitrogen and oxygen atoms in total. The molecule has 0 heterocycles. The van der Waals surface area contributed by atoms with Crippen LogP contribution in [-0.2, 0) is 0 Å². The van der Waals surface area contributed by atoms with Crippen LogP contribution in [0.2, 0.25) is 0 Å². The third kappa shape index (κ3) is 1.81. The van der Waals surface area contributed by atoms with Gasteiger partial charge in [-0.1, -0.05) is 62.1 Å². The van der Waals surface area contributed by atoms with Crippen LogP contribution < -0.4 is 0 Å². The molecule has 0 aromatic heterocycles. The van der Waals surface area contributed by atoms with E-state index < -0.39 is 0 Å². The van der Waals surface area contributed by atoms with Crippen LogP contribution in [0.4, 0.5) is 0 Å². The van der Waals surface area contributed by atoms with Crippen molar-refractivity contribution in [2.24, 2.45) is 16.2 Å². The highest BCUT2D eigenvalue weighted by Gasteiger charge is 2.55. The Bertz CT molecular complexity index is 564. The summed E-state index contributed by atoms with van der Waals surface area (Å²) in [6.07, 6.45) is 5.01. The lowest BCUT2D eigenvalue weighted by Crippen LogP contribution is -2.46. The van der Waals surface area contributed by atoms with Gasteiger partial charge in [-0.05, 0) is 58.1 Å². The average Bonchev–Trinajstić information content (AvgIpc) is 2.72. The van der Waals surface area contributed by atoms with E-state index in [1.807, 2.05) is 0 Å². The van der Waals surface area contributed by atoms with Crippen LogP contribution in [0, 0.1) is 16.2 Å².